The highest BCUT2D eigenvalue weighted by Gasteiger charge is 2.41. The van der Waals surface area contributed by atoms with Crippen LogP contribution in [0.5, 0.6) is 0 Å². The summed E-state index contributed by atoms with van der Waals surface area (Å²) in [5.41, 5.74) is -0.266. The number of hydrogen-bond donors (Lipinski definition) is 0. The molecule has 1 rings (SSSR count). The molecule has 3 heteroatoms. The second-order valence-electron chi connectivity index (χ2n) is 5.27. The summed E-state index contributed by atoms with van der Waals surface area (Å²) >= 11 is 0. The summed E-state index contributed by atoms with van der Waals surface area (Å²) in [6.45, 7) is 8.66. The molecule has 0 aromatic heterocycles. The number of carbonyl (C=O) groups is 1. The molecular weight excluding hydrogens is 192 g/mol. The fourth-order valence-corrected chi connectivity index (χ4v) is 1.57. The number of epoxide rings is 1. The van der Waals surface area contributed by atoms with Gasteiger partial charge in [-0.3, -0.25) is 4.79 Å². The quantitative estimate of drug-likeness (QED) is 0.521. The summed E-state index contributed by atoms with van der Waals surface area (Å²) in [7, 11) is 0. The second-order valence-corrected chi connectivity index (χ2v) is 5.27. The molecule has 0 radical (unpaired) electrons. The summed E-state index contributed by atoms with van der Waals surface area (Å²) in [5, 5.41) is 0. The topological polar surface area (TPSA) is 38.8 Å². The van der Waals surface area contributed by atoms with Crippen molar-refractivity contribution in [2.75, 3.05) is 6.61 Å². The van der Waals surface area contributed by atoms with Gasteiger partial charge in [-0.25, -0.2) is 0 Å². The van der Waals surface area contributed by atoms with Crippen molar-refractivity contribution in [1.29, 1.82) is 0 Å². The van der Waals surface area contributed by atoms with Crippen molar-refractivity contribution in [2.45, 2.75) is 64.6 Å². The minimum atomic E-state index is -0.365. The molecule has 1 aliphatic rings. The Morgan fingerprint density at radius 1 is 1.47 bits per heavy atom. The summed E-state index contributed by atoms with van der Waals surface area (Å²) in [4.78, 5) is 11.4. The number of hydrogen-bond acceptors (Lipinski definition) is 3. The average molecular weight is 214 g/mol. The highest BCUT2D eigenvalue weighted by molar-refractivity contribution is 5.69. The summed E-state index contributed by atoms with van der Waals surface area (Å²) in [6, 6.07) is 0. The zero-order chi connectivity index (χ0) is 11.5. The van der Waals surface area contributed by atoms with Crippen LogP contribution >= 0.6 is 0 Å². The van der Waals surface area contributed by atoms with E-state index in [4.69, 9.17) is 9.47 Å². The molecule has 1 aliphatic heterocycles. The highest BCUT2D eigenvalue weighted by atomic mass is 16.6. The largest absolute Gasteiger partial charge is 0.460 e. The Morgan fingerprint density at radius 3 is 2.47 bits per heavy atom. The molecule has 0 aromatic rings. The van der Waals surface area contributed by atoms with Crippen molar-refractivity contribution in [2.24, 2.45) is 0 Å². The van der Waals surface area contributed by atoms with E-state index in [-0.39, 0.29) is 17.2 Å². The minimum absolute atomic E-state index is 0.0992. The monoisotopic (exact) mass is 214 g/mol. The standard InChI is InChI=1S/C12H22O3/c1-5-12(9-14-12)8-6-7-10(13)15-11(2,3)4/h5-9H2,1-4H3. The van der Waals surface area contributed by atoms with E-state index in [0.29, 0.717) is 6.42 Å². The maximum atomic E-state index is 11.4. The molecule has 0 bridgehead atoms. The molecule has 1 atom stereocenters. The lowest BCUT2D eigenvalue weighted by Gasteiger charge is -2.19. The van der Waals surface area contributed by atoms with Crippen LogP contribution in [0.4, 0.5) is 0 Å². The van der Waals surface area contributed by atoms with Crippen LogP contribution in [-0.4, -0.2) is 23.8 Å². The van der Waals surface area contributed by atoms with Gasteiger partial charge in [0.1, 0.15) is 5.60 Å². The first-order valence-electron chi connectivity index (χ1n) is 5.73. The Labute approximate surface area is 92.1 Å². The molecule has 0 spiro atoms. The van der Waals surface area contributed by atoms with E-state index >= 15 is 0 Å². The molecule has 15 heavy (non-hydrogen) atoms. The van der Waals surface area contributed by atoms with E-state index in [2.05, 4.69) is 6.92 Å². The lowest BCUT2D eigenvalue weighted by atomic mass is 10.0. The van der Waals surface area contributed by atoms with E-state index in [0.717, 1.165) is 25.9 Å². The van der Waals surface area contributed by atoms with Crippen LogP contribution in [0, 0.1) is 0 Å². The minimum Gasteiger partial charge on any atom is -0.460 e. The van der Waals surface area contributed by atoms with Crippen molar-refractivity contribution in [3.63, 3.8) is 0 Å². The van der Waals surface area contributed by atoms with Crippen molar-refractivity contribution in [3.05, 3.63) is 0 Å². The third kappa shape index (κ3) is 4.65. The molecular formula is C12H22O3. The average Bonchev–Trinajstić information content (AvgIpc) is 2.82. The van der Waals surface area contributed by atoms with Crippen LogP contribution in [0.1, 0.15) is 53.4 Å². The lowest BCUT2D eigenvalue weighted by molar-refractivity contribution is -0.154. The Morgan fingerprint density at radius 2 is 2.07 bits per heavy atom. The zero-order valence-electron chi connectivity index (χ0n) is 10.3. The number of ether oxygens (including phenoxy) is 2. The Hall–Kier alpha value is -0.570. The van der Waals surface area contributed by atoms with E-state index in [1.165, 1.54) is 0 Å². The Bertz CT molecular complexity index is 224. The first kappa shape index (κ1) is 12.5. The van der Waals surface area contributed by atoms with Crippen molar-refractivity contribution >= 4 is 5.97 Å². The van der Waals surface area contributed by atoms with Gasteiger partial charge >= 0.3 is 5.97 Å². The fraction of sp³-hybridized carbons (Fsp3) is 0.917. The van der Waals surface area contributed by atoms with E-state index in [9.17, 15) is 4.79 Å². The van der Waals surface area contributed by atoms with Crippen LogP contribution in [0.15, 0.2) is 0 Å². The maximum absolute atomic E-state index is 11.4. The van der Waals surface area contributed by atoms with Crippen LogP contribution in [-0.2, 0) is 14.3 Å². The second kappa shape index (κ2) is 4.52. The van der Waals surface area contributed by atoms with Gasteiger partial charge < -0.3 is 9.47 Å². The van der Waals surface area contributed by atoms with Crippen molar-refractivity contribution in [3.8, 4) is 0 Å². The third-order valence-corrected chi connectivity index (χ3v) is 2.63. The number of carbonyl (C=O) groups excluding carboxylic acids is 1. The van der Waals surface area contributed by atoms with Crippen LogP contribution in [0.25, 0.3) is 0 Å². The molecule has 1 saturated heterocycles. The number of esters is 1. The molecule has 1 heterocycles. The number of rotatable bonds is 5. The van der Waals surface area contributed by atoms with Gasteiger partial charge in [0.15, 0.2) is 0 Å². The molecule has 0 N–H and O–H groups in total. The SMILES string of the molecule is CCC1(CCCC(=O)OC(C)(C)C)CO1. The predicted molar refractivity (Wildman–Crippen MR) is 58.7 cm³/mol. The van der Waals surface area contributed by atoms with E-state index in [1.54, 1.807) is 0 Å². The first-order chi connectivity index (χ1) is 6.87. The van der Waals surface area contributed by atoms with Gasteiger partial charge in [-0.1, -0.05) is 6.92 Å². The zero-order valence-corrected chi connectivity index (χ0v) is 10.3. The summed E-state index contributed by atoms with van der Waals surface area (Å²) < 4.78 is 10.6. The molecule has 0 amide bonds. The summed E-state index contributed by atoms with van der Waals surface area (Å²) in [6.07, 6.45) is 3.38. The smallest absolute Gasteiger partial charge is 0.306 e. The van der Waals surface area contributed by atoms with Crippen LogP contribution < -0.4 is 0 Å². The summed E-state index contributed by atoms with van der Waals surface area (Å²) in [5.74, 6) is -0.102. The molecule has 0 aromatic carbocycles. The predicted octanol–water partition coefficient (Wildman–Crippen LogP) is 2.68. The van der Waals surface area contributed by atoms with Crippen molar-refractivity contribution < 1.29 is 14.3 Å². The van der Waals surface area contributed by atoms with Gasteiger partial charge in [-0.05, 0) is 40.0 Å². The molecule has 88 valence electrons. The lowest BCUT2D eigenvalue weighted by Crippen LogP contribution is -2.24. The van der Waals surface area contributed by atoms with Gasteiger partial charge in [0.2, 0.25) is 0 Å². The first-order valence-corrected chi connectivity index (χ1v) is 5.73. The Balaban J connectivity index is 2.12. The van der Waals surface area contributed by atoms with Crippen LogP contribution in [0.2, 0.25) is 0 Å². The van der Waals surface area contributed by atoms with E-state index in [1.807, 2.05) is 20.8 Å². The fourth-order valence-electron chi connectivity index (χ4n) is 1.57. The van der Waals surface area contributed by atoms with Crippen LogP contribution in [0.3, 0.4) is 0 Å². The van der Waals surface area contributed by atoms with E-state index < -0.39 is 0 Å². The maximum Gasteiger partial charge on any atom is 0.306 e. The Kier molecular flexibility index (Phi) is 3.77. The molecule has 0 aliphatic carbocycles. The molecule has 1 unspecified atom stereocenters. The van der Waals surface area contributed by atoms with Gasteiger partial charge in [-0.15, -0.1) is 0 Å². The molecule has 3 nitrogen and oxygen atoms in total. The van der Waals surface area contributed by atoms with Gasteiger partial charge in [0, 0.05) is 6.42 Å². The van der Waals surface area contributed by atoms with Gasteiger partial charge in [0.05, 0.1) is 12.2 Å². The molecule has 0 saturated carbocycles. The highest BCUT2D eigenvalue weighted by Crippen LogP contribution is 2.35. The van der Waals surface area contributed by atoms with Gasteiger partial charge in [0.25, 0.3) is 0 Å². The third-order valence-electron chi connectivity index (χ3n) is 2.63. The van der Waals surface area contributed by atoms with Crippen molar-refractivity contribution in [1.82, 2.24) is 0 Å². The van der Waals surface area contributed by atoms with Gasteiger partial charge in [-0.2, -0.15) is 0 Å². The normalized spacial score (nSPS) is 25.1. The molecule has 1 fully saturated rings.